The first-order valence-corrected chi connectivity index (χ1v) is 10.9. The molecule has 1 aliphatic rings. The van der Waals surface area contributed by atoms with Gasteiger partial charge >= 0.3 is 0 Å². The number of hydrogen-bond donors (Lipinski definition) is 0. The van der Waals surface area contributed by atoms with Crippen LogP contribution in [-0.2, 0) is 20.1 Å². The van der Waals surface area contributed by atoms with Gasteiger partial charge in [0.15, 0.2) is 0 Å². The summed E-state index contributed by atoms with van der Waals surface area (Å²) in [5, 5.41) is 0.648. The summed E-state index contributed by atoms with van der Waals surface area (Å²) in [7, 11) is 2.03. The molecular weight excluding hydrogens is 394 g/mol. The molecule has 0 radical (unpaired) electrons. The van der Waals surface area contributed by atoms with Gasteiger partial charge in [-0.15, -0.1) is 0 Å². The number of likely N-dealkylation sites (tertiary alicyclic amines) is 1. The van der Waals surface area contributed by atoms with E-state index in [1.165, 1.54) is 5.56 Å². The molecule has 0 spiro atoms. The van der Waals surface area contributed by atoms with Crippen LogP contribution in [0.3, 0.4) is 0 Å². The van der Waals surface area contributed by atoms with Crippen LogP contribution in [0.15, 0.2) is 72.9 Å². The third-order valence-electron chi connectivity index (χ3n) is 5.98. The van der Waals surface area contributed by atoms with Gasteiger partial charge in [-0.3, -0.25) is 9.69 Å². The molecule has 0 N–H and O–H groups in total. The third kappa shape index (κ3) is 4.94. The Kier molecular flexibility index (Phi) is 6.56. The zero-order valence-corrected chi connectivity index (χ0v) is 18.1. The molecule has 1 aliphatic heterocycles. The second kappa shape index (κ2) is 9.50. The van der Waals surface area contributed by atoms with Crippen LogP contribution in [0.4, 0.5) is 0 Å². The largest absolute Gasteiger partial charge is 0.353 e. The standard InChI is InChI=1S/C25H28ClN3O/c1-27-15-5-8-24(27)19-29(25(30)21-9-11-22(26)12-10-21)23-13-16-28(17-14-23)18-20-6-3-2-4-7-20/h2-12,15,23H,13-14,16-19H2,1H3. The lowest BCUT2D eigenvalue weighted by Gasteiger charge is -2.39. The molecule has 2 aromatic carbocycles. The maximum atomic E-state index is 13.4. The molecule has 1 saturated heterocycles. The Morgan fingerprint density at radius 3 is 2.33 bits per heavy atom. The number of carbonyl (C=O) groups is 1. The van der Waals surface area contributed by atoms with Crippen molar-refractivity contribution in [1.82, 2.24) is 14.4 Å². The summed E-state index contributed by atoms with van der Waals surface area (Å²) in [5.41, 5.74) is 3.18. The van der Waals surface area contributed by atoms with Crippen molar-refractivity contribution in [3.8, 4) is 0 Å². The first-order valence-electron chi connectivity index (χ1n) is 10.5. The SMILES string of the molecule is Cn1cccc1CN(C(=O)c1ccc(Cl)cc1)C1CCN(Cc2ccccc2)CC1. The average Bonchev–Trinajstić information content (AvgIpc) is 3.18. The number of carbonyl (C=O) groups excluding carboxylic acids is 1. The van der Waals surface area contributed by atoms with Crippen LogP contribution in [0.5, 0.6) is 0 Å². The van der Waals surface area contributed by atoms with Gasteiger partial charge in [0.2, 0.25) is 0 Å². The van der Waals surface area contributed by atoms with Crippen molar-refractivity contribution < 1.29 is 4.79 Å². The molecule has 30 heavy (non-hydrogen) atoms. The van der Waals surface area contributed by atoms with E-state index in [1.54, 1.807) is 12.1 Å². The second-order valence-electron chi connectivity index (χ2n) is 8.04. The van der Waals surface area contributed by atoms with Gasteiger partial charge in [0.1, 0.15) is 0 Å². The van der Waals surface area contributed by atoms with E-state index in [0.29, 0.717) is 17.1 Å². The smallest absolute Gasteiger partial charge is 0.254 e. The molecule has 1 aromatic heterocycles. The molecule has 4 nitrogen and oxygen atoms in total. The topological polar surface area (TPSA) is 28.5 Å². The maximum Gasteiger partial charge on any atom is 0.254 e. The van der Waals surface area contributed by atoms with Crippen LogP contribution in [-0.4, -0.2) is 39.4 Å². The van der Waals surface area contributed by atoms with Crippen LogP contribution in [0.2, 0.25) is 5.02 Å². The quantitative estimate of drug-likeness (QED) is 0.561. The Labute approximate surface area is 183 Å². The summed E-state index contributed by atoms with van der Waals surface area (Å²) in [5.74, 6) is 0.0781. The van der Waals surface area contributed by atoms with E-state index >= 15 is 0 Å². The van der Waals surface area contributed by atoms with Crippen LogP contribution < -0.4 is 0 Å². The number of aryl methyl sites for hydroxylation is 1. The van der Waals surface area contributed by atoms with Gasteiger partial charge < -0.3 is 9.47 Å². The number of rotatable bonds is 6. The summed E-state index contributed by atoms with van der Waals surface area (Å²) >= 11 is 6.03. The molecule has 0 atom stereocenters. The molecule has 1 amide bonds. The summed E-state index contributed by atoms with van der Waals surface area (Å²) in [6, 6.07) is 22.2. The first-order chi connectivity index (χ1) is 14.6. The Hall–Kier alpha value is -2.56. The zero-order valence-electron chi connectivity index (χ0n) is 17.4. The monoisotopic (exact) mass is 421 g/mol. The summed E-state index contributed by atoms with van der Waals surface area (Å²) in [6.45, 7) is 3.58. The number of benzene rings is 2. The molecule has 3 aromatic rings. The van der Waals surface area contributed by atoms with Gasteiger partial charge in [0, 0.05) is 55.2 Å². The van der Waals surface area contributed by atoms with Crippen molar-refractivity contribution >= 4 is 17.5 Å². The zero-order chi connectivity index (χ0) is 20.9. The van der Waals surface area contributed by atoms with Gasteiger partial charge in [0.25, 0.3) is 5.91 Å². The van der Waals surface area contributed by atoms with E-state index in [4.69, 9.17) is 11.6 Å². The Balaban J connectivity index is 1.47. The van der Waals surface area contributed by atoms with Crippen LogP contribution >= 0.6 is 11.6 Å². The third-order valence-corrected chi connectivity index (χ3v) is 6.23. The molecule has 4 rings (SSSR count). The van der Waals surface area contributed by atoms with Gasteiger partial charge in [0.05, 0.1) is 6.54 Å². The highest BCUT2D eigenvalue weighted by Gasteiger charge is 2.29. The minimum Gasteiger partial charge on any atom is -0.353 e. The lowest BCUT2D eigenvalue weighted by molar-refractivity contribution is 0.0537. The van der Waals surface area contributed by atoms with Gasteiger partial charge in [-0.2, -0.15) is 0 Å². The molecule has 0 saturated carbocycles. The summed E-state index contributed by atoms with van der Waals surface area (Å²) in [6.07, 6.45) is 4.00. The van der Waals surface area contributed by atoms with E-state index in [1.807, 2.05) is 31.4 Å². The van der Waals surface area contributed by atoms with Gasteiger partial charge in [-0.05, 0) is 54.8 Å². The predicted octanol–water partition coefficient (Wildman–Crippen LogP) is 4.99. The van der Waals surface area contributed by atoms with E-state index < -0.39 is 0 Å². The summed E-state index contributed by atoms with van der Waals surface area (Å²) in [4.78, 5) is 18.0. The fraction of sp³-hybridized carbons (Fsp3) is 0.320. The Bertz CT molecular complexity index is 960. The number of aromatic nitrogens is 1. The molecule has 5 heteroatoms. The van der Waals surface area contributed by atoms with Crippen molar-refractivity contribution in [2.24, 2.45) is 7.05 Å². The number of halogens is 1. The molecule has 0 unspecified atom stereocenters. The lowest BCUT2D eigenvalue weighted by Crippen LogP contribution is -2.47. The number of amides is 1. The Morgan fingerprint density at radius 1 is 1.00 bits per heavy atom. The van der Waals surface area contributed by atoms with Crippen molar-refractivity contribution in [2.75, 3.05) is 13.1 Å². The van der Waals surface area contributed by atoms with Crippen LogP contribution in [0.25, 0.3) is 0 Å². The number of nitrogens with zero attached hydrogens (tertiary/aromatic N) is 3. The Morgan fingerprint density at radius 2 is 1.70 bits per heavy atom. The predicted molar refractivity (Wildman–Crippen MR) is 121 cm³/mol. The highest BCUT2D eigenvalue weighted by molar-refractivity contribution is 6.30. The van der Waals surface area contributed by atoms with E-state index in [2.05, 4.69) is 50.8 Å². The van der Waals surface area contributed by atoms with Crippen molar-refractivity contribution in [2.45, 2.75) is 32.0 Å². The average molecular weight is 422 g/mol. The normalized spacial score (nSPS) is 15.3. The molecule has 0 bridgehead atoms. The highest BCUT2D eigenvalue weighted by atomic mass is 35.5. The molecule has 2 heterocycles. The maximum absolute atomic E-state index is 13.4. The molecule has 0 aliphatic carbocycles. The fourth-order valence-corrected chi connectivity index (χ4v) is 4.32. The van der Waals surface area contributed by atoms with Crippen LogP contribution in [0.1, 0.15) is 34.5 Å². The second-order valence-corrected chi connectivity index (χ2v) is 8.48. The minimum atomic E-state index is 0.0781. The highest BCUT2D eigenvalue weighted by Crippen LogP contribution is 2.23. The van der Waals surface area contributed by atoms with Crippen molar-refractivity contribution in [1.29, 1.82) is 0 Å². The van der Waals surface area contributed by atoms with Crippen molar-refractivity contribution in [3.63, 3.8) is 0 Å². The first kappa shape index (κ1) is 20.7. The molecule has 156 valence electrons. The summed E-state index contributed by atoms with van der Waals surface area (Å²) < 4.78 is 2.09. The minimum absolute atomic E-state index is 0.0781. The van der Waals surface area contributed by atoms with Crippen molar-refractivity contribution in [3.05, 3.63) is 94.8 Å². The molecular formula is C25H28ClN3O. The fourth-order valence-electron chi connectivity index (χ4n) is 4.19. The lowest BCUT2D eigenvalue weighted by atomic mass is 10.0. The van der Waals surface area contributed by atoms with Gasteiger partial charge in [-0.1, -0.05) is 41.9 Å². The molecule has 1 fully saturated rings. The number of hydrogen-bond acceptors (Lipinski definition) is 2. The van der Waals surface area contributed by atoms with E-state index in [-0.39, 0.29) is 11.9 Å². The number of piperidine rings is 1. The van der Waals surface area contributed by atoms with E-state index in [9.17, 15) is 4.79 Å². The van der Waals surface area contributed by atoms with Crippen LogP contribution in [0, 0.1) is 0 Å². The van der Waals surface area contributed by atoms with E-state index in [0.717, 1.165) is 38.2 Å². The van der Waals surface area contributed by atoms with Gasteiger partial charge in [-0.25, -0.2) is 0 Å².